The van der Waals surface area contributed by atoms with Crippen LogP contribution in [0.4, 0.5) is 0 Å². The smallest absolute Gasteiger partial charge is 0.237 e. The molecule has 2 N–H and O–H groups in total. The number of amides is 1. The number of methoxy groups -OCH3 is 1. The molecule has 1 aliphatic rings. The highest BCUT2D eigenvalue weighted by molar-refractivity contribution is 5.80. The molecule has 14 heavy (non-hydrogen) atoms. The summed E-state index contributed by atoms with van der Waals surface area (Å²) in [6, 6.07) is -0.270. The topological polar surface area (TPSA) is 58.8 Å². The highest BCUT2D eigenvalue weighted by Crippen LogP contribution is 2.05. The molecule has 0 radical (unpaired) electrons. The summed E-state index contributed by atoms with van der Waals surface area (Å²) in [5, 5.41) is 0. The number of nitrogens with zero attached hydrogens (tertiary/aromatic N) is 2. The second kappa shape index (κ2) is 5.29. The number of hydrogen-bond donors (Lipinski definition) is 1. The van der Waals surface area contributed by atoms with Gasteiger partial charge in [0, 0.05) is 33.3 Å². The first-order valence-corrected chi connectivity index (χ1v) is 4.86. The third-order valence-corrected chi connectivity index (χ3v) is 2.63. The van der Waals surface area contributed by atoms with Crippen LogP contribution in [0.15, 0.2) is 0 Å². The first kappa shape index (κ1) is 11.4. The van der Waals surface area contributed by atoms with Gasteiger partial charge in [-0.1, -0.05) is 0 Å². The Balaban J connectivity index is 2.47. The Bertz CT molecular complexity index is 190. The van der Waals surface area contributed by atoms with Gasteiger partial charge in [0.25, 0.3) is 0 Å². The maximum atomic E-state index is 11.2. The molecule has 1 rings (SSSR count). The van der Waals surface area contributed by atoms with Gasteiger partial charge in [-0.15, -0.1) is 0 Å². The first-order chi connectivity index (χ1) is 6.65. The lowest BCUT2D eigenvalue weighted by Crippen LogP contribution is -2.54. The SMILES string of the molecule is COCC(C(N)=O)N1CCN(C)CC1. The summed E-state index contributed by atoms with van der Waals surface area (Å²) in [6.07, 6.45) is 0. The van der Waals surface area contributed by atoms with E-state index in [1.165, 1.54) is 0 Å². The van der Waals surface area contributed by atoms with E-state index >= 15 is 0 Å². The third kappa shape index (κ3) is 2.94. The van der Waals surface area contributed by atoms with Crippen molar-refractivity contribution in [3.63, 3.8) is 0 Å². The van der Waals surface area contributed by atoms with Gasteiger partial charge in [-0.2, -0.15) is 0 Å². The average Bonchev–Trinajstić information content (AvgIpc) is 2.15. The van der Waals surface area contributed by atoms with Gasteiger partial charge in [0.2, 0.25) is 5.91 Å². The fraction of sp³-hybridized carbons (Fsp3) is 0.889. The van der Waals surface area contributed by atoms with Gasteiger partial charge in [0.05, 0.1) is 6.61 Å². The normalized spacial score (nSPS) is 22.1. The van der Waals surface area contributed by atoms with Crippen LogP contribution in [0.2, 0.25) is 0 Å². The number of ether oxygens (including phenoxy) is 1. The van der Waals surface area contributed by atoms with Crippen LogP contribution >= 0.6 is 0 Å². The number of carbonyl (C=O) groups excluding carboxylic acids is 1. The van der Waals surface area contributed by atoms with Crippen molar-refractivity contribution in [2.45, 2.75) is 6.04 Å². The third-order valence-electron chi connectivity index (χ3n) is 2.63. The van der Waals surface area contributed by atoms with Gasteiger partial charge >= 0.3 is 0 Å². The molecule has 5 nitrogen and oxygen atoms in total. The number of nitrogens with two attached hydrogens (primary N) is 1. The predicted molar refractivity (Wildman–Crippen MR) is 53.9 cm³/mol. The summed E-state index contributed by atoms with van der Waals surface area (Å²) in [6.45, 7) is 4.11. The van der Waals surface area contributed by atoms with Crippen LogP contribution in [0.1, 0.15) is 0 Å². The summed E-state index contributed by atoms with van der Waals surface area (Å²) in [4.78, 5) is 15.5. The molecule has 0 aromatic rings. The van der Waals surface area contributed by atoms with Crippen molar-refractivity contribution < 1.29 is 9.53 Å². The molecular formula is C9H19N3O2. The van der Waals surface area contributed by atoms with Gasteiger partial charge < -0.3 is 15.4 Å². The zero-order valence-corrected chi connectivity index (χ0v) is 8.90. The molecule has 1 fully saturated rings. The van der Waals surface area contributed by atoms with Crippen LogP contribution in [-0.2, 0) is 9.53 Å². The van der Waals surface area contributed by atoms with E-state index in [2.05, 4.69) is 16.8 Å². The summed E-state index contributed by atoms with van der Waals surface area (Å²) < 4.78 is 4.99. The molecule has 82 valence electrons. The van der Waals surface area contributed by atoms with Gasteiger partial charge in [-0.3, -0.25) is 9.69 Å². The van der Waals surface area contributed by atoms with E-state index in [0.717, 1.165) is 26.2 Å². The van der Waals surface area contributed by atoms with Crippen LogP contribution in [0, 0.1) is 0 Å². The maximum Gasteiger partial charge on any atom is 0.237 e. The lowest BCUT2D eigenvalue weighted by Gasteiger charge is -2.36. The Morgan fingerprint density at radius 1 is 1.43 bits per heavy atom. The van der Waals surface area contributed by atoms with E-state index in [1.807, 2.05) is 0 Å². The molecule has 0 aromatic heterocycles. The molecule has 1 unspecified atom stereocenters. The van der Waals surface area contributed by atoms with Crippen molar-refractivity contribution in [1.82, 2.24) is 9.80 Å². The largest absolute Gasteiger partial charge is 0.383 e. The Kier molecular flexibility index (Phi) is 4.31. The lowest BCUT2D eigenvalue weighted by atomic mass is 10.2. The minimum Gasteiger partial charge on any atom is -0.383 e. The van der Waals surface area contributed by atoms with Gasteiger partial charge in [-0.25, -0.2) is 0 Å². The second-order valence-corrected chi connectivity index (χ2v) is 3.71. The quantitative estimate of drug-likeness (QED) is 0.616. The van der Waals surface area contributed by atoms with E-state index in [4.69, 9.17) is 10.5 Å². The molecule has 1 atom stereocenters. The highest BCUT2D eigenvalue weighted by atomic mass is 16.5. The van der Waals surface area contributed by atoms with Crippen LogP contribution < -0.4 is 5.73 Å². The van der Waals surface area contributed by atoms with Crippen LogP contribution in [0.3, 0.4) is 0 Å². The van der Waals surface area contributed by atoms with E-state index in [1.54, 1.807) is 7.11 Å². The summed E-state index contributed by atoms with van der Waals surface area (Å²) in [5.41, 5.74) is 5.31. The Labute approximate surface area is 84.8 Å². The molecule has 1 amide bonds. The van der Waals surface area contributed by atoms with Crippen LogP contribution in [-0.4, -0.2) is 68.7 Å². The molecule has 1 saturated heterocycles. The molecule has 5 heteroatoms. The van der Waals surface area contributed by atoms with E-state index < -0.39 is 0 Å². The van der Waals surface area contributed by atoms with Crippen molar-refractivity contribution in [2.75, 3.05) is 46.9 Å². The molecule has 0 aromatic carbocycles. The Morgan fingerprint density at radius 3 is 2.43 bits per heavy atom. The van der Waals surface area contributed by atoms with Crippen molar-refractivity contribution in [1.29, 1.82) is 0 Å². The fourth-order valence-corrected chi connectivity index (χ4v) is 1.66. The standard InChI is InChI=1S/C9H19N3O2/c1-11-3-5-12(6-4-11)8(7-14-2)9(10)13/h8H,3-7H2,1-2H3,(H2,10,13). The Hall–Kier alpha value is -0.650. The summed E-state index contributed by atoms with van der Waals surface area (Å²) in [7, 11) is 3.67. The zero-order valence-electron chi connectivity index (χ0n) is 8.90. The maximum absolute atomic E-state index is 11.2. The molecular weight excluding hydrogens is 182 g/mol. The van der Waals surface area contributed by atoms with Crippen molar-refractivity contribution >= 4 is 5.91 Å². The molecule has 0 aliphatic carbocycles. The van der Waals surface area contributed by atoms with Crippen molar-refractivity contribution in [3.8, 4) is 0 Å². The fourth-order valence-electron chi connectivity index (χ4n) is 1.66. The second-order valence-electron chi connectivity index (χ2n) is 3.71. The molecule has 0 bridgehead atoms. The number of carbonyl (C=O) groups is 1. The van der Waals surface area contributed by atoms with Gasteiger partial charge in [-0.05, 0) is 7.05 Å². The number of hydrogen-bond acceptors (Lipinski definition) is 4. The number of likely N-dealkylation sites (N-methyl/N-ethyl adjacent to an activating group) is 1. The average molecular weight is 201 g/mol. The first-order valence-electron chi connectivity index (χ1n) is 4.86. The molecule has 0 saturated carbocycles. The predicted octanol–water partition coefficient (Wildman–Crippen LogP) is -1.27. The zero-order chi connectivity index (χ0) is 10.6. The van der Waals surface area contributed by atoms with Crippen LogP contribution in [0.25, 0.3) is 0 Å². The lowest BCUT2D eigenvalue weighted by molar-refractivity contribution is -0.125. The molecule has 0 spiro atoms. The minimum atomic E-state index is -0.295. The number of primary amides is 1. The van der Waals surface area contributed by atoms with Crippen molar-refractivity contribution in [3.05, 3.63) is 0 Å². The monoisotopic (exact) mass is 201 g/mol. The summed E-state index contributed by atoms with van der Waals surface area (Å²) in [5.74, 6) is -0.295. The number of rotatable bonds is 4. The minimum absolute atomic E-state index is 0.270. The van der Waals surface area contributed by atoms with E-state index in [0.29, 0.717) is 6.61 Å². The summed E-state index contributed by atoms with van der Waals surface area (Å²) >= 11 is 0. The van der Waals surface area contributed by atoms with Crippen molar-refractivity contribution in [2.24, 2.45) is 5.73 Å². The highest BCUT2D eigenvalue weighted by Gasteiger charge is 2.26. The number of piperazine rings is 1. The van der Waals surface area contributed by atoms with E-state index in [-0.39, 0.29) is 11.9 Å². The van der Waals surface area contributed by atoms with Gasteiger partial charge in [0.15, 0.2) is 0 Å². The van der Waals surface area contributed by atoms with E-state index in [9.17, 15) is 4.79 Å². The molecule has 1 aliphatic heterocycles. The Morgan fingerprint density at radius 2 is 2.00 bits per heavy atom. The molecule has 1 heterocycles. The van der Waals surface area contributed by atoms with Gasteiger partial charge in [0.1, 0.15) is 6.04 Å². The van der Waals surface area contributed by atoms with Crippen LogP contribution in [0.5, 0.6) is 0 Å².